The van der Waals surface area contributed by atoms with E-state index in [4.69, 9.17) is 0 Å². The summed E-state index contributed by atoms with van der Waals surface area (Å²) < 4.78 is 57.5. The third-order valence-corrected chi connectivity index (χ3v) is 15.8. The molecule has 0 saturated heterocycles. The van der Waals surface area contributed by atoms with Gasteiger partial charge in [0.15, 0.2) is 0 Å². The number of unbranched alkanes of at least 4 members (excludes halogenated alkanes) is 2. The van der Waals surface area contributed by atoms with Crippen LogP contribution in [-0.2, 0) is 79.3 Å². The van der Waals surface area contributed by atoms with Crippen LogP contribution in [0.2, 0.25) is 0 Å². The molecule has 0 atom stereocenters. The summed E-state index contributed by atoms with van der Waals surface area (Å²) in [5, 5.41) is 2.55. The molecule has 4 nitrogen and oxygen atoms in total. The van der Waals surface area contributed by atoms with Gasteiger partial charge in [0, 0.05) is 101 Å². The Bertz CT molecular complexity index is 4510. The fourth-order valence-corrected chi connectivity index (χ4v) is 11.1. The molecular formula is C81H67F4Ir3N4-3. The van der Waals surface area contributed by atoms with Crippen molar-refractivity contribution in [2.45, 2.75) is 79.3 Å². The van der Waals surface area contributed by atoms with E-state index in [1.165, 1.54) is 50.1 Å². The largest absolute Gasteiger partial charge is 0.382 e. The van der Waals surface area contributed by atoms with Crippen LogP contribution in [0.1, 0.15) is 72.9 Å². The minimum Gasteiger partial charge on any atom is -0.309 e. The van der Waals surface area contributed by atoms with Gasteiger partial charge in [0.05, 0.1) is 11.0 Å². The van der Waals surface area contributed by atoms with Gasteiger partial charge in [-0.05, 0) is 155 Å². The molecular weight excluding hydrogens is 1680 g/mol. The molecule has 0 unspecified atom stereocenters. The Labute approximate surface area is 578 Å². The number of nitrogens with zero attached hydrogens (tertiary/aromatic N) is 4. The number of alkyl halides is 3. The maximum atomic E-state index is 14.4. The van der Waals surface area contributed by atoms with E-state index >= 15 is 0 Å². The molecule has 0 N–H and O–H groups in total. The molecule has 0 aliphatic carbocycles. The number of pyridine rings is 3. The Morgan fingerprint density at radius 3 is 1.35 bits per heavy atom. The fraction of sp³-hybridized carbons (Fsp3) is 0.148. The number of aromatic nitrogens is 4. The third kappa shape index (κ3) is 16.9. The topological polar surface area (TPSA) is 43.6 Å². The van der Waals surface area contributed by atoms with Crippen LogP contribution in [-0.4, -0.2) is 19.5 Å². The smallest absolute Gasteiger partial charge is 0.309 e. The molecule has 0 fully saturated rings. The van der Waals surface area contributed by atoms with E-state index in [1.807, 2.05) is 86.9 Å². The number of para-hydroxylation sites is 2. The molecule has 0 bridgehead atoms. The van der Waals surface area contributed by atoms with Crippen molar-refractivity contribution in [2.75, 3.05) is 0 Å². The fourth-order valence-electron chi connectivity index (χ4n) is 11.1. The number of hydrogen-bond donors (Lipinski definition) is 0. The van der Waals surface area contributed by atoms with E-state index in [2.05, 4.69) is 192 Å². The number of fused-ring (bicyclic) bond motifs is 3. The van der Waals surface area contributed by atoms with Gasteiger partial charge in [-0.2, -0.15) is 13.2 Å². The summed E-state index contributed by atoms with van der Waals surface area (Å²) in [5.74, 6) is -0.251. The Morgan fingerprint density at radius 2 is 0.848 bits per heavy atom. The summed E-state index contributed by atoms with van der Waals surface area (Å²) in [5.41, 5.74) is 20.1. The van der Waals surface area contributed by atoms with E-state index in [1.54, 1.807) is 24.4 Å². The molecule has 9 aromatic carbocycles. The first-order chi connectivity index (χ1) is 43.3. The average Bonchev–Trinajstić information content (AvgIpc) is 1.69. The Balaban J connectivity index is 0.000000181. The second kappa shape index (κ2) is 32.5. The molecule has 0 aliphatic heterocycles. The minimum absolute atomic E-state index is 0. The molecule has 4 heterocycles. The number of rotatable bonds is 14. The van der Waals surface area contributed by atoms with Crippen LogP contribution in [0.15, 0.2) is 243 Å². The minimum atomic E-state index is -4.44. The number of hydrogen-bond acceptors (Lipinski definition) is 3. The van der Waals surface area contributed by atoms with Gasteiger partial charge in [-0.1, -0.05) is 189 Å². The molecule has 13 aromatic rings. The summed E-state index contributed by atoms with van der Waals surface area (Å²) in [6.45, 7) is 10.2. The number of benzene rings is 9. The van der Waals surface area contributed by atoms with Gasteiger partial charge in [0.1, 0.15) is 0 Å². The molecule has 4 aromatic heterocycles. The summed E-state index contributed by atoms with van der Waals surface area (Å²) in [7, 11) is 0. The van der Waals surface area contributed by atoms with E-state index in [9.17, 15) is 17.6 Å². The van der Waals surface area contributed by atoms with Crippen molar-refractivity contribution < 1.29 is 77.9 Å². The summed E-state index contributed by atoms with van der Waals surface area (Å²) in [6.07, 6.45) is 7.22. The number of aryl methyl sites for hydroxylation is 5. The van der Waals surface area contributed by atoms with Gasteiger partial charge < -0.3 is 19.5 Å². The molecule has 0 spiro atoms. The Morgan fingerprint density at radius 1 is 0.413 bits per heavy atom. The van der Waals surface area contributed by atoms with E-state index < -0.39 is 11.7 Å². The van der Waals surface area contributed by atoms with Crippen molar-refractivity contribution in [1.29, 1.82) is 0 Å². The zero-order chi connectivity index (χ0) is 61.9. The normalized spacial score (nSPS) is 10.9. The molecule has 11 heteroatoms. The van der Waals surface area contributed by atoms with Gasteiger partial charge in [-0.15, -0.1) is 82.9 Å². The van der Waals surface area contributed by atoms with Gasteiger partial charge in [-0.3, -0.25) is 4.39 Å². The number of halogens is 4. The van der Waals surface area contributed by atoms with Crippen LogP contribution < -0.4 is 0 Å². The quantitative estimate of drug-likeness (QED) is 0.0805. The van der Waals surface area contributed by atoms with Crippen LogP contribution in [0.4, 0.5) is 17.6 Å². The first-order valence-electron chi connectivity index (χ1n) is 30.3. The summed E-state index contributed by atoms with van der Waals surface area (Å²) in [6, 6.07) is 83.4. The van der Waals surface area contributed by atoms with Crippen LogP contribution in [0.5, 0.6) is 0 Å². The van der Waals surface area contributed by atoms with Gasteiger partial charge >= 0.3 is 6.18 Å². The molecule has 3 radical (unpaired) electrons. The monoisotopic (exact) mass is 1750 g/mol. The molecule has 0 saturated carbocycles. The molecule has 469 valence electrons. The van der Waals surface area contributed by atoms with E-state index in [-0.39, 0.29) is 71.7 Å². The zero-order valence-electron chi connectivity index (χ0n) is 51.6. The zero-order valence-corrected chi connectivity index (χ0v) is 58.8. The van der Waals surface area contributed by atoms with Crippen molar-refractivity contribution in [3.05, 3.63) is 300 Å². The van der Waals surface area contributed by atoms with Crippen molar-refractivity contribution in [1.82, 2.24) is 19.5 Å². The van der Waals surface area contributed by atoms with Gasteiger partial charge in [0.25, 0.3) is 0 Å². The van der Waals surface area contributed by atoms with Crippen molar-refractivity contribution in [3.8, 4) is 84.0 Å². The second-order valence-corrected chi connectivity index (χ2v) is 22.5. The maximum Gasteiger partial charge on any atom is 0.382 e. The Hall–Kier alpha value is -8.10. The Kier molecular flexibility index (Phi) is 24.6. The first-order valence-corrected chi connectivity index (χ1v) is 30.3. The van der Waals surface area contributed by atoms with Crippen LogP contribution in [0.25, 0.3) is 106 Å². The first kappa shape index (κ1) is 69.8. The molecule has 0 amide bonds. The van der Waals surface area contributed by atoms with Crippen LogP contribution >= 0.6 is 0 Å². The van der Waals surface area contributed by atoms with Crippen LogP contribution in [0.3, 0.4) is 0 Å². The summed E-state index contributed by atoms with van der Waals surface area (Å²) in [4.78, 5) is 13.3. The third-order valence-electron chi connectivity index (χ3n) is 15.8. The molecule has 13 rings (SSSR count). The predicted molar refractivity (Wildman–Crippen MR) is 358 cm³/mol. The average molecular weight is 1750 g/mol. The van der Waals surface area contributed by atoms with E-state index in [0.717, 1.165) is 106 Å². The van der Waals surface area contributed by atoms with Gasteiger partial charge in [0.2, 0.25) is 0 Å². The SMILES string of the molecule is CCCCc1cccc(-c2cc(-c3ccc(C)cn3)[c-]cc2C(F)(F)F)c1.CCCCc1cccc(-c2cc(-c3ccc(C)cn3)[c-]cc2F)c1.Cc1ccc(-c2[c-]ccc(-c3cccc(-c4cccc(-n5c6ccccc6c6ccccc65)c4)c3)c2)nc1.[Ir].[Ir].[Ir]. The summed E-state index contributed by atoms with van der Waals surface area (Å²) >= 11 is 0. The molecule has 0 aliphatic rings. The molecule has 92 heavy (non-hydrogen) atoms. The van der Waals surface area contributed by atoms with Crippen molar-refractivity contribution in [2.24, 2.45) is 0 Å². The van der Waals surface area contributed by atoms with Gasteiger partial charge in [-0.25, -0.2) is 0 Å². The van der Waals surface area contributed by atoms with Crippen LogP contribution in [0, 0.1) is 44.8 Å². The second-order valence-electron chi connectivity index (χ2n) is 22.5. The predicted octanol–water partition coefficient (Wildman–Crippen LogP) is 22.2. The standard InChI is InChI=1S/C36H25N2.C23H21F3N.C22H21FN.3Ir/c1-25-19-20-34(37-24-25)30-13-7-11-28(22-30)26-9-6-10-27(21-26)29-12-8-14-31(23-29)38-35-17-4-2-15-32(35)33-16-3-5-18-36(33)38;1-3-4-6-17-7-5-8-18(13-17)20-14-19(10-11-21(20)23(24,25)26)22-12-9-16(2)15-27-22;1-3-4-6-17-7-5-8-18(13-17)20-14-19(10-11-21(20)23)22-12-9-16(2)15-24-22;;;/h2-12,14-24H,1H3;5,7-9,11-15H,3-4,6H2,1-2H3;5,7-9,11-15H,3-4,6H2,1-2H3;;;/q3*-1;;;. The maximum absolute atomic E-state index is 14.4. The van der Waals surface area contributed by atoms with E-state index in [0.29, 0.717) is 22.4 Å². The van der Waals surface area contributed by atoms with Crippen molar-refractivity contribution >= 4 is 21.8 Å². The van der Waals surface area contributed by atoms with Crippen molar-refractivity contribution in [3.63, 3.8) is 0 Å².